The van der Waals surface area contributed by atoms with Crippen LogP contribution in [0.25, 0.3) is 10.8 Å². The molecule has 3 aromatic carbocycles. The average molecular weight is 405 g/mol. The highest BCUT2D eigenvalue weighted by Crippen LogP contribution is 2.37. The molecular weight excluding hydrogens is 393 g/mol. The summed E-state index contributed by atoms with van der Waals surface area (Å²) in [5.74, 6) is -0.989. The van der Waals surface area contributed by atoms with E-state index in [1.165, 1.54) is 4.90 Å². The van der Waals surface area contributed by atoms with Gasteiger partial charge in [0.15, 0.2) is 0 Å². The molecule has 1 heterocycles. The molecule has 0 saturated carbocycles. The number of amides is 2. The molecule has 8 heteroatoms. The summed E-state index contributed by atoms with van der Waals surface area (Å²) in [6.45, 7) is -0.348. The Morgan fingerprint density at radius 3 is 2.50 bits per heavy atom. The lowest BCUT2D eigenvalue weighted by atomic mass is 10.1. The summed E-state index contributed by atoms with van der Waals surface area (Å²) in [5.41, 5.74) is -0.0214. The number of carbonyl (C=O) groups is 2. The SMILES string of the molecule is O=C(CN1C(=O)c2cccc3cccc1c23)Nc1cc(C(F)(F)F)ccc1Cl. The first-order chi connectivity index (χ1) is 13.3. The van der Waals surface area contributed by atoms with E-state index in [0.717, 1.165) is 29.0 Å². The van der Waals surface area contributed by atoms with E-state index in [0.29, 0.717) is 11.3 Å². The Bertz CT molecular complexity index is 1120. The summed E-state index contributed by atoms with van der Waals surface area (Å²) in [5, 5.41) is 3.95. The predicted octanol–water partition coefficient (Wildman–Crippen LogP) is 5.11. The van der Waals surface area contributed by atoms with Crippen LogP contribution in [-0.4, -0.2) is 18.4 Å². The number of hydrogen-bond acceptors (Lipinski definition) is 2. The Hall–Kier alpha value is -3.06. The van der Waals surface area contributed by atoms with E-state index in [2.05, 4.69) is 5.32 Å². The fourth-order valence-corrected chi connectivity index (χ4v) is 3.43. The summed E-state index contributed by atoms with van der Waals surface area (Å²) in [6, 6.07) is 13.3. The fourth-order valence-electron chi connectivity index (χ4n) is 3.27. The molecule has 142 valence electrons. The Balaban J connectivity index is 1.59. The molecule has 0 aromatic heterocycles. The highest BCUT2D eigenvalue weighted by Gasteiger charge is 2.32. The molecule has 4 nitrogen and oxygen atoms in total. The van der Waals surface area contributed by atoms with Crippen molar-refractivity contribution in [1.82, 2.24) is 0 Å². The maximum absolute atomic E-state index is 12.9. The van der Waals surface area contributed by atoms with Gasteiger partial charge < -0.3 is 5.32 Å². The van der Waals surface area contributed by atoms with Gasteiger partial charge in [0, 0.05) is 10.9 Å². The molecule has 0 radical (unpaired) electrons. The standard InChI is InChI=1S/C20H12ClF3N2O2/c21-14-8-7-12(20(22,23)24)9-15(14)25-17(27)10-26-16-6-2-4-11-3-1-5-13(18(11)16)19(26)28/h1-9H,10H2,(H,25,27). The van der Waals surface area contributed by atoms with Crippen molar-refractivity contribution in [1.29, 1.82) is 0 Å². The highest BCUT2D eigenvalue weighted by atomic mass is 35.5. The van der Waals surface area contributed by atoms with E-state index < -0.39 is 17.6 Å². The molecule has 0 aliphatic carbocycles. The van der Waals surface area contributed by atoms with Crippen LogP contribution in [0.15, 0.2) is 54.6 Å². The number of carbonyl (C=O) groups excluding carboxylic acids is 2. The lowest BCUT2D eigenvalue weighted by Crippen LogP contribution is -2.35. The van der Waals surface area contributed by atoms with Gasteiger partial charge in [0.2, 0.25) is 5.91 Å². The monoisotopic (exact) mass is 404 g/mol. The van der Waals surface area contributed by atoms with Crippen LogP contribution in [0, 0.1) is 0 Å². The number of alkyl halides is 3. The Labute approximate surface area is 162 Å². The quantitative estimate of drug-likeness (QED) is 0.659. The molecule has 0 spiro atoms. The zero-order valence-electron chi connectivity index (χ0n) is 14.2. The molecule has 1 aliphatic heterocycles. The third kappa shape index (κ3) is 3.07. The maximum atomic E-state index is 12.9. The van der Waals surface area contributed by atoms with Crippen LogP contribution in [-0.2, 0) is 11.0 Å². The lowest BCUT2D eigenvalue weighted by molar-refractivity contribution is -0.137. The molecular formula is C20H12ClF3N2O2. The van der Waals surface area contributed by atoms with Crippen molar-refractivity contribution in [2.75, 3.05) is 16.8 Å². The summed E-state index contributed by atoms with van der Waals surface area (Å²) in [7, 11) is 0. The Kier molecular flexibility index (Phi) is 4.27. The van der Waals surface area contributed by atoms with Gasteiger partial charge in [-0.05, 0) is 35.7 Å². The van der Waals surface area contributed by atoms with Gasteiger partial charge in [0.05, 0.1) is 22.0 Å². The minimum Gasteiger partial charge on any atom is -0.323 e. The van der Waals surface area contributed by atoms with E-state index in [9.17, 15) is 22.8 Å². The van der Waals surface area contributed by atoms with Crippen molar-refractivity contribution in [2.45, 2.75) is 6.18 Å². The van der Waals surface area contributed by atoms with Gasteiger partial charge in [-0.25, -0.2) is 0 Å². The second-order valence-corrected chi connectivity index (χ2v) is 6.72. The third-order valence-electron chi connectivity index (χ3n) is 4.52. The normalized spacial score (nSPS) is 13.3. The molecule has 0 bridgehead atoms. The van der Waals surface area contributed by atoms with E-state index in [4.69, 9.17) is 11.6 Å². The van der Waals surface area contributed by atoms with Crippen LogP contribution in [0.2, 0.25) is 5.02 Å². The van der Waals surface area contributed by atoms with Crippen LogP contribution in [0.3, 0.4) is 0 Å². The highest BCUT2D eigenvalue weighted by molar-refractivity contribution is 6.34. The number of benzene rings is 3. The summed E-state index contributed by atoms with van der Waals surface area (Å²) in [4.78, 5) is 26.4. The lowest BCUT2D eigenvalue weighted by Gasteiger charge is -2.18. The zero-order valence-corrected chi connectivity index (χ0v) is 14.9. The summed E-state index contributed by atoms with van der Waals surface area (Å²) >= 11 is 5.91. The minimum absolute atomic E-state index is 0.0283. The molecule has 0 fully saturated rings. The molecule has 3 aromatic rings. The first-order valence-corrected chi connectivity index (χ1v) is 8.64. The molecule has 0 unspecified atom stereocenters. The van der Waals surface area contributed by atoms with Crippen LogP contribution in [0.5, 0.6) is 0 Å². The molecule has 4 rings (SSSR count). The smallest absolute Gasteiger partial charge is 0.323 e. The van der Waals surface area contributed by atoms with Crippen molar-refractivity contribution in [3.05, 3.63) is 70.7 Å². The number of anilines is 2. The van der Waals surface area contributed by atoms with E-state index in [1.54, 1.807) is 24.3 Å². The van der Waals surface area contributed by atoms with Crippen molar-refractivity contribution in [3.8, 4) is 0 Å². The van der Waals surface area contributed by atoms with Crippen molar-refractivity contribution < 1.29 is 22.8 Å². The molecule has 28 heavy (non-hydrogen) atoms. The van der Waals surface area contributed by atoms with Gasteiger partial charge in [-0.15, -0.1) is 0 Å². The molecule has 2 amide bonds. The van der Waals surface area contributed by atoms with Crippen LogP contribution >= 0.6 is 11.6 Å². The first kappa shape index (κ1) is 18.3. The molecule has 0 atom stereocenters. The van der Waals surface area contributed by atoms with Crippen LogP contribution in [0.1, 0.15) is 15.9 Å². The Morgan fingerprint density at radius 2 is 1.79 bits per heavy atom. The van der Waals surface area contributed by atoms with E-state index >= 15 is 0 Å². The fraction of sp³-hybridized carbons (Fsp3) is 0.100. The van der Waals surface area contributed by atoms with Gasteiger partial charge in [0.1, 0.15) is 6.54 Å². The summed E-state index contributed by atoms with van der Waals surface area (Å²) in [6.07, 6.45) is -4.56. The van der Waals surface area contributed by atoms with Crippen LogP contribution < -0.4 is 10.2 Å². The van der Waals surface area contributed by atoms with Gasteiger partial charge >= 0.3 is 6.18 Å². The van der Waals surface area contributed by atoms with Crippen LogP contribution in [0.4, 0.5) is 24.5 Å². The number of halogens is 4. The predicted molar refractivity (Wildman–Crippen MR) is 101 cm³/mol. The Morgan fingerprint density at radius 1 is 1.07 bits per heavy atom. The topological polar surface area (TPSA) is 49.4 Å². The van der Waals surface area contributed by atoms with Gasteiger partial charge in [0.25, 0.3) is 5.91 Å². The average Bonchev–Trinajstić information content (AvgIpc) is 2.91. The number of rotatable bonds is 3. The summed E-state index contributed by atoms with van der Waals surface area (Å²) < 4.78 is 38.7. The molecule has 0 saturated heterocycles. The number of nitrogens with one attached hydrogen (secondary N) is 1. The second kappa shape index (κ2) is 6.53. The largest absolute Gasteiger partial charge is 0.416 e. The third-order valence-corrected chi connectivity index (χ3v) is 4.85. The second-order valence-electron chi connectivity index (χ2n) is 6.31. The van der Waals surface area contributed by atoms with Crippen molar-refractivity contribution in [2.24, 2.45) is 0 Å². The van der Waals surface area contributed by atoms with Gasteiger partial charge in [-0.2, -0.15) is 13.2 Å². The number of nitrogens with zero attached hydrogens (tertiary/aromatic N) is 1. The first-order valence-electron chi connectivity index (χ1n) is 8.26. The van der Waals surface area contributed by atoms with Crippen molar-refractivity contribution >= 4 is 45.6 Å². The van der Waals surface area contributed by atoms with Gasteiger partial charge in [-0.1, -0.05) is 35.9 Å². The minimum atomic E-state index is -4.56. The van der Waals surface area contributed by atoms with Crippen molar-refractivity contribution in [3.63, 3.8) is 0 Å². The van der Waals surface area contributed by atoms with E-state index in [1.807, 2.05) is 12.1 Å². The van der Waals surface area contributed by atoms with Gasteiger partial charge in [-0.3, -0.25) is 14.5 Å². The molecule has 1 N–H and O–H groups in total. The number of hydrogen-bond donors (Lipinski definition) is 1. The zero-order chi connectivity index (χ0) is 20.1. The maximum Gasteiger partial charge on any atom is 0.416 e. The van der Waals surface area contributed by atoms with E-state index in [-0.39, 0.29) is 23.2 Å². The molecule has 1 aliphatic rings.